The minimum atomic E-state index is -8.20. The number of hydrogen-bond donors (Lipinski definition) is 0. The van der Waals surface area contributed by atoms with E-state index in [2.05, 4.69) is 0 Å². The molecule has 38 heavy (non-hydrogen) atoms. The second kappa shape index (κ2) is 7.43. The zero-order valence-electron chi connectivity index (χ0n) is 15.9. The monoisotopic (exact) mass is 642 g/mol. The van der Waals surface area contributed by atoms with Crippen molar-refractivity contribution >= 4 is 11.4 Å². The number of hydrogen-bond acceptors (Lipinski definition) is 3. The van der Waals surface area contributed by atoms with Crippen LogP contribution in [0, 0.1) is 0 Å². The molecule has 0 unspecified atom stereocenters. The van der Waals surface area contributed by atoms with Crippen molar-refractivity contribution in [2.45, 2.75) is 70.9 Å². The van der Waals surface area contributed by atoms with Crippen molar-refractivity contribution in [1.82, 2.24) is 0 Å². The molecule has 2 rings (SSSR count). The first-order chi connectivity index (χ1) is 16.1. The molecule has 0 aliphatic heterocycles. The van der Waals surface area contributed by atoms with Gasteiger partial charge >= 0.3 is 82.3 Å². The molecule has 0 heterocycles. The third-order valence-corrected chi connectivity index (χ3v) is 5.87. The standard InChI is InChI=1S/C12F22O3S/c13-1(14)3(17,18)7(25,26)11(33,8(27,28)4(1,19)20)36-38(35)37-12(34)9(29,30)5(21,22)2(15,16)6(23,24)10(12,31)32. The summed E-state index contributed by atoms with van der Waals surface area (Å²) in [6.45, 7) is 0. The maximum absolute atomic E-state index is 14.2. The fourth-order valence-corrected chi connectivity index (χ4v) is 3.63. The molecule has 2 aliphatic carbocycles. The Kier molecular flexibility index (Phi) is 6.40. The number of halogens is 22. The van der Waals surface area contributed by atoms with Crippen LogP contribution >= 0.6 is 0 Å². The zero-order valence-corrected chi connectivity index (χ0v) is 16.8. The normalized spacial score (nSPS) is 33.4. The summed E-state index contributed by atoms with van der Waals surface area (Å²) in [5.74, 6) is -97.4. The zero-order chi connectivity index (χ0) is 31.0. The molecule has 0 amide bonds. The SMILES string of the molecule is O=S(OC1(F)C(F)(F)C(F)(F)C(F)(F)C(F)(F)C1(F)F)OC1(F)C(F)(F)C(F)(F)C(F)(F)C(F)(F)C1(F)F. The molecule has 0 N–H and O–H groups in total. The van der Waals surface area contributed by atoms with Crippen molar-refractivity contribution in [3.8, 4) is 0 Å². The van der Waals surface area contributed by atoms with E-state index in [9.17, 15) is 101 Å². The summed E-state index contributed by atoms with van der Waals surface area (Å²) >= 11 is -6.46. The van der Waals surface area contributed by atoms with Crippen LogP contribution in [0.25, 0.3) is 0 Å². The topological polar surface area (TPSA) is 35.5 Å². The van der Waals surface area contributed by atoms with E-state index in [1.165, 1.54) is 0 Å². The van der Waals surface area contributed by atoms with Crippen molar-refractivity contribution in [1.29, 1.82) is 0 Å². The lowest BCUT2D eigenvalue weighted by Crippen LogP contribution is -2.85. The Labute approximate surface area is 192 Å². The molecule has 3 nitrogen and oxygen atoms in total. The van der Waals surface area contributed by atoms with Gasteiger partial charge in [-0.05, 0) is 0 Å². The van der Waals surface area contributed by atoms with Crippen LogP contribution < -0.4 is 0 Å². The van der Waals surface area contributed by atoms with Crippen LogP contribution in [0.15, 0.2) is 0 Å². The summed E-state index contributed by atoms with van der Waals surface area (Å²) in [6.07, 6.45) is 0. The molecule has 0 aromatic heterocycles. The highest BCUT2D eigenvalue weighted by molar-refractivity contribution is 7.75. The lowest BCUT2D eigenvalue weighted by molar-refractivity contribution is -0.519. The van der Waals surface area contributed by atoms with E-state index in [4.69, 9.17) is 0 Å². The van der Waals surface area contributed by atoms with Gasteiger partial charge in [0.2, 0.25) is 0 Å². The van der Waals surface area contributed by atoms with Crippen LogP contribution in [0.5, 0.6) is 0 Å². The van der Waals surface area contributed by atoms with Gasteiger partial charge in [-0.25, -0.2) is 8.37 Å². The maximum Gasteiger partial charge on any atom is 0.384 e. The van der Waals surface area contributed by atoms with Crippen molar-refractivity contribution in [2.75, 3.05) is 0 Å². The fourth-order valence-electron chi connectivity index (χ4n) is 2.80. The molecule has 0 radical (unpaired) electrons. The Morgan fingerprint density at radius 3 is 0.579 bits per heavy atom. The van der Waals surface area contributed by atoms with Crippen molar-refractivity contribution in [3.63, 3.8) is 0 Å². The van der Waals surface area contributed by atoms with Crippen LogP contribution in [0.3, 0.4) is 0 Å². The molecule has 0 spiro atoms. The van der Waals surface area contributed by atoms with Crippen LogP contribution in [0.1, 0.15) is 0 Å². The van der Waals surface area contributed by atoms with Gasteiger partial charge in [0.25, 0.3) is 0 Å². The molecule has 0 atom stereocenters. The molecule has 26 heteroatoms. The second-order valence-corrected chi connectivity index (χ2v) is 8.05. The Bertz CT molecular complexity index is 879. The van der Waals surface area contributed by atoms with Gasteiger partial charge in [0.05, 0.1) is 0 Å². The summed E-state index contributed by atoms with van der Waals surface area (Å²) in [4.78, 5) is 0. The molecule has 0 saturated heterocycles. The van der Waals surface area contributed by atoms with Gasteiger partial charge in [-0.15, -0.1) is 0 Å². The molecular weight excluding hydrogens is 642 g/mol. The molecule has 0 aromatic carbocycles. The highest BCUT2D eigenvalue weighted by Gasteiger charge is 3.04. The van der Waals surface area contributed by atoms with Gasteiger partial charge in [-0.1, -0.05) is 0 Å². The van der Waals surface area contributed by atoms with Gasteiger partial charge < -0.3 is 0 Å². The third kappa shape index (κ3) is 2.86. The average molecular weight is 642 g/mol. The van der Waals surface area contributed by atoms with Crippen molar-refractivity contribution in [3.05, 3.63) is 0 Å². The smallest absolute Gasteiger partial charge is 0.215 e. The minimum Gasteiger partial charge on any atom is -0.215 e. The van der Waals surface area contributed by atoms with E-state index in [1.807, 2.05) is 8.37 Å². The highest BCUT2D eigenvalue weighted by atomic mass is 32.2. The molecule has 0 bridgehead atoms. The lowest BCUT2D eigenvalue weighted by Gasteiger charge is -2.52. The Morgan fingerprint density at radius 2 is 0.421 bits per heavy atom. The first-order valence-electron chi connectivity index (χ1n) is 8.07. The van der Waals surface area contributed by atoms with Crippen molar-refractivity contribution in [2.24, 2.45) is 0 Å². The van der Waals surface area contributed by atoms with E-state index in [0.29, 0.717) is 0 Å². The molecule has 2 aliphatic rings. The lowest BCUT2D eigenvalue weighted by atomic mass is 9.79. The van der Waals surface area contributed by atoms with Gasteiger partial charge in [-0.2, -0.15) is 101 Å². The van der Waals surface area contributed by atoms with Crippen LogP contribution in [-0.4, -0.2) is 75.1 Å². The molecule has 2 saturated carbocycles. The van der Waals surface area contributed by atoms with Gasteiger partial charge in [0.15, 0.2) is 0 Å². The molecular formula is C12F22O3S. The Morgan fingerprint density at radius 1 is 0.289 bits per heavy atom. The maximum atomic E-state index is 14.2. The molecule has 226 valence electrons. The quantitative estimate of drug-likeness (QED) is 0.338. The molecule has 2 fully saturated rings. The van der Waals surface area contributed by atoms with Gasteiger partial charge in [-0.3, -0.25) is 0 Å². The summed E-state index contributed by atoms with van der Waals surface area (Å²) in [6, 6.07) is 0. The van der Waals surface area contributed by atoms with E-state index in [0.717, 1.165) is 0 Å². The largest absolute Gasteiger partial charge is 0.384 e. The van der Waals surface area contributed by atoms with E-state index < -0.39 is 82.3 Å². The van der Waals surface area contributed by atoms with Crippen LogP contribution in [-0.2, 0) is 19.7 Å². The minimum absolute atomic E-state index is 1.82. The highest BCUT2D eigenvalue weighted by Crippen LogP contribution is 2.72. The average Bonchev–Trinajstić information content (AvgIpc) is 2.70. The van der Waals surface area contributed by atoms with E-state index >= 15 is 0 Å². The fraction of sp³-hybridized carbons (Fsp3) is 1.00. The number of alkyl halides is 22. The predicted molar refractivity (Wildman–Crippen MR) is 67.5 cm³/mol. The second-order valence-electron chi connectivity index (χ2n) is 7.31. The van der Waals surface area contributed by atoms with Crippen molar-refractivity contribution < 1.29 is 109 Å². The van der Waals surface area contributed by atoms with Crippen LogP contribution in [0.4, 0.5) is 96.6 Å². The van der Waals surface area contributed by atoms with Crippen LogP contribution in [0.2, 0.25) is 0 Å². The third-order valence-electron chi connectivity index (χ3n) is 5.14. The Balaban J connectivity index is 2.72. The van der Waals surface area contributed by atoms with Gasteiger partial charge in [0.1, 0.15) is 0 Å². The summed E-state index contributed by atoms with van der Waals surface area (Å²) in [5.41, 5.74) is 0. The number of rotatable bonds is 4. The van der Waals surface area contributed by atoms with E-state index in [1.54, 1.807) is 0 Å². The predicted octanol–water partition coefficient (Wildman–Crippen LogP) is 6.31. The summed E-state index contributed by atoms with van der Waals surface area (Å²) < 4.78 is 310. The molecule has 0 aromatic rings. The summed E-state index contributed by atoms with van der Waals surface area (Å²) in [7, 11) is 0. The Hall–Kier alpha value is -1.47. The van der Waals surface area contributed by atoms with Gasteiger partial charge in [0, 0.05) is 0 Å². The first kappa shape index (κ1) is 32.7. The van der Waals surface area contributed by atoms with E-state index in [-0.39, 0.29) is 0 Å². The first-order valence-corrected chi connectivity index (χ1v) is 9.07. The summed E-state index contributed by atoms with van der Waals surface area (Å²) in [5, 5.41) is 0.